The Morgan fingerprint density at radius 2 is 0.411 bits per heavy atom. The molecule has 740 valence electrons. The van der Waals surface area contributed by atoms with Crippen LogP contribution in [0.3, 0.4) is 0 Å². The average molecular weight is 1840 g/mol. The van der Waals surface area contributed by atoms with Crippen molar-refractivity contribution in [3.63, 3.8) is 0 Å². The minimum absolute atomic E-state index is 0.0982. The molecule has 0 fully saturated rings. The maximum absolute atomic E-state index is 13.1. The van der Waals surface area contributed by atoms with Gasteiger partial charge in [0.05, 0.1) is 26.4 Å². The van der Waals surface area contributed by atoms with Gasteiger partial charge in [-0.15, -0.1) is 0 Å². The third kappa shape index (κ3) is 103. The van der Waals surface area contributed by atoms with Gasteiger partial charge in [0.15, 0.2) is 6.10 Å². The summed E-state index contributed by atoms with van der Waals surface area (Å²) in [4.78, 5) is 59.2. The number of hydrogen-bond donors (Lipinski definition) is 4. The Hall–Kier alpha value is -5.35. The molecule has 0 aromatic carbocycles. The zero-order chi connectivity index (χ0) is 93.5. The van der Waals surface area contributed by atoms with Crippen LogP contribution in [0.2, 0.25) is 0 Å². The molecule has 0 rings (SSSR count). The van der Waals surface area contributed by atoms with Crippen molar-refractivity contribution >= 4 is 33.6 Å². The number of aliphatic hydroxyl groups excluding tert-OH is 2. The van der Waals surface area contributed by atoms with Gasteiger partial charge in [0.2, 0.25) is 0 Å². The van der Waals surface area contributed by atoms with E-state index in [1.54, 1.807) is 0 Å². The second-order valence-corrected chi connectivity index (χ2v) is 37.5. The quantitative estimate of drug-likeness (QED) is 0.0146. The van der Waals surface area contributed by atoms with Crippen LogP contribution in [0.5, 0.6) is 0 Å². The van der Waals surface area contributed by atoms with Gasteiger partial charge in [-0.05, 0) is 161 Å². The van der Waals surface area contributed by atoms with E-state index in [0.29, 0.717) is 19.3 Å². The zero-order valence-corrected chi connectivity index (χ0v) is 83.8. The van der Waals surface area contributed by atoms with Crippen molar-refractivity contribution in [3.8, 4) is 0 Å². The number of unbranched alkanes of at least 4 members (excludes halogenated alkanes) is 45. The second kappa shape index (κ2) is 102. The molecular weight excluding hydrogens is 1650 g/mol. The van der Waals surface area contributed by atoms with Gasteiger partial charge in [0.1, 0.15) is 25.4 Å². The lowest BCUT2D eigenvalue weighted by atomic mass is 10.0. The van der Waals surface area contributed by atoms with E-state index in [1.165, 1.54) is 212 Å². The van der Waals surface area contributed by atoms with E-state index in [0.717, 1.165) is 173 Å². The highest BCUT2D eigenvalue weighted by Crippen LogP contribution is 2.45. The van der Waals surface area contributed by atoms with E-state index < -0.39 is 91.5 Å². The molecule has 0 aromatic heterocycles. The van der Waals surface area contributed by atoms with E-state index in [2.05, 4.69) is 203 Å². The van der Waals surface area contributed by atoms with Crippen LogP contribution in [0.4, 0.5) is 0 Å². The van der Waals surface area contributed by atoms with Gasteiger partial charge in [0, 0.05) is 19.3 Å². The lowest BCUT2D eigenvalue weighted by molar-refractivity contribution is -0.161. The highest BCUT2D eigenvalue weighted by molar-refractivity contribution is 7.47. The SMILES string of the molecule is CC/C=C\C/C=C\C/C=C\C/C=C\C/C=C\C/C=C\CCCCCCCCCCCCC(=O)OCC(COP(=O)(O)OCC(O)COP(=O)(O)OCC(O)COC(=O)CCCCCCCCCCCCCCCCCCCCC/C=C\C/C=C\C/C=C\C/C=C\C/C=C\CC)OC(=O)CCCCCCCCCCCCCCC/C=C\C/C=C\C/C=C\C/C=C\CCCCC. The maximum Gasteiger partial charge on any atom is 0.472 e. The Morgan fingerprint density at radius 1 is 0.225 bits per heavy atom. The van der Waals surface area contributed by atoms with Gasteiger partial charge in [-0.1, -0.05) is 447 Å². The van der Waals surface area contributed by atoms with Crippen molar-refractivity contribution in [2.24, 2.45) is 0 Å². The summed E-state index contributed by atoms with van der Waals surface area (Å²) >= 11 is 0. The highest BCUT2D eigenvalue weighted by atomic mass is 31.2. The number of ether oxygens (including phenoxy) is 3. The molecule has 5 unspecified atom stereocenters. The molecule has 0 bridgehead atoms. The fourth-order valence-corrected chi connectivity index (χ4v) is 15.9. The smallest absolute Gasteiger partial charge is 0.463 e. The molecule has 0 saturated carbocycles. The first-order valence-electron chi connectivity index (χ1n) is 52.1. The fourth-order valence-electron chi connectivity index (χ4n) is 14.3. The van der Waals surface area contributed by atoms with Gasteiger partial charge < -0.3 is 34.2 Å². The number of aliphatic hydroxyl groups is 2. The maximum atomic E-state index is 13.1. The standard InChI is InChI=1S/C111H190O16P2/c1-4-7-10-13-16-19-22-25-28-31-34-37-40-43-46-49-50-51-52-53-54-57-59-61-64-67-70-73-76-79-82-85-88-91-94-97-109(114)121-100-106(112)101-123-128(117,118)124-102-107(113)103-125-129(119,120)126-105-108(127-111(116)99-96-93-90-87-84-81-78-75-72-69-66-63-60-56-48-45-42-39-36-33-30-27-24-21-18-15-12-9-6-3)104-122-110(115)98-95-92-89-86-83-80-77-74-71-68-65-62-58-55-47-44-41-38-35-32-29-26-23-20-17-14-11-8-5-2/h7-8,10-11,16-21,25-30,34-39,43-48,58,62,106-108,112-113H,4-6,9,12-15,22-24,31-33,40-42,49-57,59-61,63-105H2,1-3H3,(H,117,118)(H,119,120)/b10-7-,11-8-,19-16-,20-17-,21-18-,28-25-,29-26-,30-27-,37-34-,38-35-,39-36-,46-43-,47-44-,48-45-,62-58-. The number of phosphoric acid groups is 2. The minimum atomic E-state index is -4.95. The van der Waals surface area contributed by atoms with Crippen LogP contribution in [0, 0.1) is 0 Å². The first kappa shape index (κ1) is 124. The van der Waals surface area contributed by atoms with Crippen molar-refractivity contribution in [1.82, 2.24) is 0 Å². The normalized spacial score (nSPS) is 14.4. The highest BCUT2D eigenvalue weighted by Gasteiger charge is 2.30. The fraction of sp³-hybridized carbons (Fsp3) is 0.703. The zero-order valence-electron chi connectivity index (χ0n) is 82.0. The summed E-state index contributed by atoms with van der Waals surface area (Å²) in [7, 11) is -9.82. The summed E-state index contributed by atoms with van der Waals surface area (Å²) < 4.78 is 61.7. The van der Waals surface area contributed by atoms with Crippen LogP contribution in [0.15, 0.2) is 182 Å². The monoisotopic (exact) mass is 1840 g/mol. The van der Waals surface area contributed by atoms with Crippen LogP contribution < -0.4 is 0 Å². The number of allylic oxidation sites excluding steroid dienone is 30. The summed E-state index contributed by atoms with van der Waals surface area (Å²) in [6.07, 6.45) is 135. The molecule has 5 atom stereocenters. The molecular formula is C111H190O16P2. The molecule has 0 spiro atoms. The molecule has 0 saturated heterocycles. The van der Waals surface area contributed by atoms with E-state index in [1.807, 2.05) is 0 Å². The molecule has 4 N–H and O–H groups in total. The number of hydrogen-bond acceptors (Lipinski definition) is 14. The lowest BCUT2D eigenvalue weighted by Gasteiger charge is -2.21. The van der Waals surface area contributed by atoms with E-state index in [9.17, 15) is 43.5 Å². The molecule has 0 radical (unpaired) electrons. The molecule has 0 amide bonds. The van der Waals surface area contributed by atoms with Crippen LogP contribution in [-0.2, 0) is 55.8 Å². The third-order valence-corrected chi connectivity index (χ3v) is 24.0. The third-order valence-electron chi connectivity index (χ3n) is 22.1. The predicted octanol–water partition coefficient (Wildman–Crippen LogP) is 33.1. The molecule has 0 aromatic rings. The predicted molar refractivity (Wildman–Crippen MR) is 546 cm³/mol. The Morgan fingerprint density at radius 3 is 0.651 bits per heavy atom. The Balaban J connectivity index is 4.60. The molecule has 129 heavy (non-hydrogen) atoms. The van der Waals surface area contributed by atoms with Crippen LogP contribution in [-0.4, -0.2) is 95.9 Å². The van der Waals surface area contributed by atoms with Crippen LogP contribution >= 0.6 is 15.6 Å². The topological polar surface area (TPSA) is 231 Å². The Kier molecular flexibility index (Phi) is 97.4. The Labute approximate surface area is 789 Å². The summed E-state index contributed by atoms with van der Waals surface area (Å²) in [5.74, 6) is -1.57. The average Bonchev–Trinajstić information content (AvgIpc) is 0.897. The van der Waals surface area contributed by atoms with Gasteiger partial charge in [0.25, 0.3) is 0 Å². The molecule has 0 heterocycles. The van der Waals surface area contributed by atoms with Gasteiger partial charge in [-0.2, -0.15) is 0 Å². The summed E-state index contributed by atoms with van der Waals surface area (Å²) in [6.45, 7) is 2.50. The molecule has 0 aliphatic heterocycles. The van der Waals surface area contributed by atoms with Crippen LogP contribution in [0.1, 0.15) is 445 Å². The summed E-state index contributed by atoms with van der Waals surface area (Å²) in [5, 5.41) is 20.8. The molecule has 16 nitrogen and oxygen atoms in total. The number of carbonyl (C=O) groups excluding carboxylic acids is 3. The van der Waals surface area contributed by atoms with Crippen molar-refractivity contribution in [1.29, 1.82) is 0 Å². The van der Waals surface area contributed by atoms with Crippen molar-refractivity contribution in [2.45, 2.75) is 463 Å². The van der Waals surface area contributed by atoms with Crippen molar-refractivity contribution < 1.29 is 75.8 Å². The van der Waals surface area contributed by atoms with Gasteiger partial charge in [-0.3, -0.25) is 32.5 Å². The Bertz CT molecular complexity index is 3080. The second-order valence-electron chi connectivity index (χ2n) is 34.6. The molecule has 0 aliphatic rings. The summed E-state index contributed by atoms with van der Waals surface area (Å²) in [6, 6.07) is 0. The lowest BCUT2D eigenvalue weighted by Crippen LogP contribution is -2.30. The van der Waals surface area contributed by atoms with E-state index >= 15 is 0 Å². The van der Waals surface area contributed by atoms with Gasteiger partial charge in [-0.25, -0.2) is 9.13 Å². The number of esters is 3. The van der Waals surface area contributed by atoms with Crippen molar-refractivity contribution in [3.05, 3.63) is 182 Å². The summed E-state index contributed by atoms with van der Waals surface area (Å²) in [5.41, 5.74) is 0. The van der Waals surface area contributed by atoms with Gasteiger partial charge >= 0.3 is 33.6 Å². The number of carbonyl (C=O) groups is 3. The van der Waals surface area contributed by atoms with Crippen LogP contribution in [0.25, 0.3) is 0 Å². The first-order chi connectivity index (χ1) is 63.2. The molecule has 18 heteroatoms. The van der Waals surface area contributed by atoms with E-state index in [4.69, 9.17) is 32.3 Å². The molecule has 0 aliphatic carbocycles. The number of phosphoric ester groups is 2. The minimum Gasteiger partial charge on any atom is -0.463 e. The first-order valence-corrected chi connectivity index (χ1v) is 55.1. The van der Waals surface area contributed by atoms with E-state index in [-0.39, 0.29) is 19.3 Å². The van der Waals surface area contributed by atoms with Crippen molar-refractivity contribution in [2.75, 3.05) is 39.6 Å². The largest absolute Gasteiger partial charge is 0.472 e. The number of rotatable bonds is 98.